The summed E-state index contributed by atoms with van der Waals surface area (Å²) < 4.78 is 7.97. The van der Waals surface area contributed by atoms with Gasteiger partial charge in [-0.05, 0) is 55.5 Å². The van der Waals surface area contributed by atoms with Crippen LogP contribution >= 0.6 is 12.6 Å². The molecule has 202 valence electrons. The first-order chi connectivity index (χ1) is 19.0. The van der Waals surface area contributed by atoms with E-state index in [0.717, 1.165) is 53.9 Å². The number of pyridine rings is 1. The Morgan fingerprint density at radius 3 is 2.18 bits per heavy atom. The minimum absolute atomic E-state index is 0.0171. The van der Waals surface area contributed by atoms with Crippen LogP contribution in [0.4, 0.5) is 0 Å². The van der Waals surface area contributed by atoms with Crippen molar-refractivity contribution in [2.45, 2.75) is 57.2 Å². The Morgan fingerprint density at radius 2 is 1.56 bits per heavy atom. The third-order valence-electron chi connectivity index (χ3n) is 6.80. The van der Waals surface area contributed by atoms with E-state index in [9.17, 15) is 4.79 Å². The Hall–Kier alpha value is -3.70. The highest BCUT2D eigenvalue weighted by atomic mass is 32.1. The number of hydrogen-bond acceptors (Lipinski definition) is 4. The third kappa shape index (κ3) is 7.45. The molecule has 0 amide bonds. The molecule has 4 aromatic rings. The van der Waals surface area contributed by atoms with Crippen LogP contribution < -0.4 is 10.3 Å². The summed E-state index contributed by atoms with van der Waals surface area (Å²) in [5.74, 6) is 2.19. The maximum Gasteiger partial charge on any atom is 0.250 e. The predicted octanol–water partition coefficient (Wildman–Crippen LogP) is 8.31. The van der Waals surface area contributed by atoms with Crippen molar-refractivity contribution in [1.82, 2.24) is 4.57 Å². The van der Waals surface area contributed by atoms with Gasteiger partial charge in [-0.1, -0.05) is 86.1 Å². The second kappa shape index (κ2) is 13.9. The largest absolute Gasteiger partial charge is 0.511 e. The number of unbranched alkanes of at least 4 members (excludes halogenated alkanes) is 1. The topological polar surface area (TPSA) is 51.5 Å². The Labute approximate surface area is 237 Å². The molecule has 1 aliphatic heterocycles. The molecule has 3 aromatic carbocycles. The van der Waals surface area contributed by atoms with E-state index in [1.807, 2.05) is 72.3 Å². The zero-order valence-corrected chi connectivity index (χ0v) is 23.6. The number of thiol groups is 1. The van der Waals surface area contributed by atoms with Crippen molar-refractivity contribution >= 4 is 12.6 Å². The summed E-state index contributed by atoms with van der Waals surface area (Å²) in [6, 6.07) is 30.4. The lowest BCUT2D eigenvalue weighted by atomic mass is 9.83. The van der Waals surface area contributed by atoms with Crippen LogP contribution in [0.1, 0.15) is 61.3 Å². The van der Waals surface area contributed by atoms with Crippen molar-refractivity contribution in [3.8, 4) is 11.5 Å². The molecule has 5 rings (SSSR count). The van der Waals surface area contributed by atoms with Gasteiger partial charge in [-0.2, -0.15) is 12.6 Å². The number of fused-ring (bicyclic) bond motifs is 2. The molecule has 1 aromatic heterocycles. The fourth-order valence-electron chi connectivity index (χ4n) is 4.73. The fraction of sp³-hybridized carbons (Fsp3) is 0.265. The number of aliphatic hydroxyl groups excluding tert-OH is 1. The summed E-state index contributed by atoms with van der Waals surface area (Å²) in [7, 11) is 0. The molecule has 0 radical (unpaired) electrons. The van der Waals surface area contributed by atoms with Gasteiger partial charge in [0.05, 0.1) is 5.25 Å². The average molecular weight is 540 g/mol. The minimum Gasteiger partial charge on any atom is -0.511 e. The van der Waals surface area contributed by atoms with E-state index in [1.54, 1.807) is 6.07 Å². The predicted molar refractivity (Wildman–Crippen MR) is 163 cm³/mol. The van der Waals surface area contributed by atoms with Gasteiger partial charge < -0.3 is 14.4 Å². The van der Waals surface area contributed by atoms with Crippen molar-refractivity contribution in [2.24, 2.45) is 0 Å². The van der Waals surface area contributed by atoms with Gasteiger partial charge >= 0.3 is 0 Å². The number of benzene rings is 3. The molecular formula is C34H37NO3S. The van der Waals surface area contributed by atoms with Crippen LogP contribution in [0.2, 0.25) is 0 Å². The quantitative estimate of drug-likeness (QED) is 0.154. The van der Waals surface area contributed by atoms with Crippen LogP contribution in [-0.4, -0.2) is 14.9 Å². The molecular weight excluding hydrogens is 502 g/mol. The lowest BCUT2D eigenvalue weighted by Crippen LogP contribution is -2.21. The fourth-order valence-corrected chi connectivity index (χ4v) is 4.83. The molecule has 2 heterocycles. The number of aromatic nitrogens is 1. The van der Waals surface area contributed by atoms with Crippen molar-refractivity contribution in [1.29, 1.82) is 0 Å². The van der Waals surface area contributed by atoms with Crippen molar-refractivity contribution in [2.75, 3.05) is 0 Å². The second-order valence-corrected chi connectivity index (χ2v) is 10.6. The Balaban J connectivity index is 0.000000340. The first-order valence-corrected chi connectivity index (χ1v) is 14.2. The van der Waals surface area contributed by atoms with Crippen molar-refractivity contribution < 1.29 is 9.84 Å². The highest BCUT2D eigenvalue weighted by Crippen LogP contribution is 2.46. The van der Waals surface area contributed by atoms with Gasteiger partial charge in [0.25, 0.3) is 5.56 Å². The Morgan fingerprint density at radius 1 is 0.949 bits per heavy atom. The number of para-hydroxylation sites is 2. The normalized spacial score (nSPS) is 13.4. The molecule has 0 aliphatic carbocycles. The number of allylic oxidation sites excluding steroid dienone is 1. The molecule has 0 saturated carbocycles. The second-order valence-electron chi connectivity index (χ2n) is 9.79. The number of ether oxygens (including phenoxy) is 1. The number of aliphatic hydroxyl groups is 1. The van der Waals surface area contributed by atoms with E-state index in [4.69, 9.17) is 9.84 Å². The molecule has 1 N–H and O–H groups in total. The van der Waals surface area contributed by atoms with Gasteiger partial charge in [-0.25, -0.2) is 0 Å². The maximum atomic E-state index is 12.5. The van der Waals surface area contributed by atoms with Crippen molar-refractivity contribution in [3.05, 3.63) is 142 Å². The zero-order valence-electron chi connectivity index (χ0n) is 22.7. The van der Waals surface area contributed by atoms with Gasteiger partial charge in [0, 0.05) is 35.9 Å². The molecule has 1 unspecified atom stereocenters. The molecule has 1 aliphatic rings. The van der Waals surface area contributed by atoms with E-state index in [1.165, 1.54) is 5.56 Å². The third-order valence-corrected chi connectivity index (χ3v) is 7.06. The maximum absolute atomic E-state index is 12.5. The summed E-state index contributed by atoms with van der Waals surface area (Å²) in [6.07, 6.45) is 7.74. The molecule has 0 spiro atoms. The van der Waals surface area contributed by atoms with Crippen LogP contribution in [0.3, 0.4) is 0 Å². The van der Waals surface area contributed by atoms with E-state index in [0.29, 0.717) is 12.3 Å². The van der Waals surface area contributed by atoms with Crippen LogP contribution in [-0.2, 0) is 13.0 Å². The number of rotatable bonds is 8. The van der Waals surface area contributed by atoms with Crippen LogP contribution in [0.15, 0.2) is 114 Å². The molecule has 5 heteroatoms. The van der Waals surface area contributed by atoms with Crippen LogP contribution in [0, 0.1) is 0 Å². The van der Waals surface area contributed by atoms with Gasteiger partial charge in [-0.3, -0.25) is 4.79 Å². The number of hydrogen-bond donors (Lipinski definition) is 2. The van der Waals surface area contributed by atoms with Gasteiger partial charge in [0.1, 0.15) is 17.3 Å². The summed E-state index contributed by atoms with van der Waals surface area (Å²) in [5, 5.41) is 9.03. The molecule has 4 nitrogen and oxygen atoms in total. The Bertz CT molecular complexity index is 1400. The summed E-state index contributed by atoms with van der Waals surface area (Å²) in [6.45, 7) is 4.63. The van der Waals surface area contributed by atoms with Gasteiger partial charge in [0.2, 0.25) is 0 Å². The number of aryl methyl sites for hydroxylation is 2. The number of nitrogens with zero attached hydrogens (tertiary/aromatic N) is 1. The highest BCUT2D eigenvalue weighted by Gasteiger charge is 2.28. The lowest BCUT2D eigenvalue weighted by Gasteiger charge is -2.28. The van der Waals surface area contributed by atoms with Crippen molar-refractivity contribution in [3.63, 3.8) is 0 Å². The van der Waals surface area contributed by atoms with Crippen LogP contribution in [0.5, 0.6) is 11.5 Å². The van der Waals surface area contributed by atoms with Crippen LogP contribution in [0.25, 0.3) is 0 Å². The van der Waals surface area contributed by atoms with E-state index < -0.39 is 0 Å². The van der Waals surface area contributed by atoms with E-state index in [2.05, 4.69) is 56.0 Å². The summed E-state index contributed by atoms with van der Waals surface area (Å²) >= 11 is 4.05. The SMILES string of the molecule is CCC/C=C(\O)C(C)S.O=c1ccc(C2c3ccccc3Oc3ccccc32)cn1CCCc1ccccc1. The first-order valence-electron chi connectivity index (χ1n) is 13.6. The highest BCUT2D eigenvalue weighted by molar-refractivity contribution is 7.81. The molecule has 0 saturated heterocycles. The monoisotopic (exact) mass is 539 g/mol. The molecule has 0 fully saturated rings. The van der Waals surface area contributed by atoms with Gasteiger partial charge in [0.15, 0.2) is 0 Å². The van der Waals surface area contributed by atoms with E-state index >= 15 is 0 Å². The summed E-state index contributed by atoms with van der Waals surface area (Å²) in [4.78, 5) is 12.5. The standard InChI is InChI=1S/C27H23NO2.C7H14OS/c29-26-17-16-21(19-28(26)18-8-11-20-9-2-1-3-10-20)27-22-12-4-6-14-24(22)30-25-15-7-5-13-23(25)27;1-3-4-5-7(8)6(2)9/h1-7,9-10,12-17,19,27H,8,11,18H2;5-6,8-9H,3-4H2,1-2H3/b;7-5-. The molecule has 0 bridgehead atoms. The average Bonchev–Trinajstić information content (AvgIpc) is 2.96. The molecule has 1 atom stereocenters. The lowest BCUT2D eigenvalue weighted by molar-refractivity contribution is 0.396. The zero-order chi connectivity index (χ0) is 27.6. The first kappa shape index (κ1) is 28.3. The minimum atomic E-state index is -0.0171. The smallest absolute Gasteiger partial charge is 0.250 e. The molecule has 39 heavy (non-hydrogen) atoms. The summed E-state index contributed by atoms with van der Waals surface area (Å²) in [5.41, 5.74) is 4.71. The Kier molecular flexibility index (Phi) is 10.1. The van der Waals surface area contributed by atoms with Gasteiger partial charge in [-0.15, -0.1) is 0 Å². The van der Waals surface area contributed by atoms with E-state index in [-0.39, 0.29) is 16.7 Å².